The van der Waals surface area contributed by atoms with Crippen LogP contribution in [0.3, 0.4) is 0 Å². The zero-order valence-corrected chi connectivity index (χ0v) is 23.1. The number of hydrogen-bond acceptors (Lipinski definition) is 5. The fraction of sp³-hybridized carbons (Fsp3) is 0.406. The average Bonchev–Trinajstić information content (AvgIpc) is 2.92. The van der Waals surface area contributed by atoms with Gasteiger partial charge in [0.1, 0.15) is 22.9 Å². The Bertz CT molecular complexity index is 1330. The van der Waals surface area contributed by atoms with Gasteiger partial charge in [-0.05, 0) is 74.4 Å². The summed E-state index contributed by atoms with van der Waals surface area (Å²) >= 11 is 0. The summed E-state index contributed by atoms with van der Waals surface area (Å²) in [6.45, 7) is 7.44. The second kappa shape index (κ2) is 10.8. The maximum atomic E-state index is 15.9. The summed E-state index contributed by atoms with van der Waals surface area (Å²) in [4.78, 5) is 16.1. The standard InChI is InChI=1S/C32H37FN2O4/c1-32(2,3)39-31(37)35-16-14-34(15-17-35)28-20-29(38-4)26(19-27(28)33)30-24(21-8-6-5-7-9-21)12-10-22-18-23(36)11-13-25(22)30/h5-9,11,13,18-20,24,30,36H,10,12,14-17H2,1-4H3. The van der Waals surface area contributed by atoms with Gasteiger partial charge in [0.25, 0.3) is 0 Å². The summed E-state index contributed by atoms with van der Waals surface area (Å²) < 4.78 is 27.3. The number of aromatic hydroxyl groups is 1. The predicted octanol–water partition coefficient (Wildman–Crippen LogP) is 6.46. The Morgan fingerprint density at radius 3 is 2.36 bits per heavy atom. The normalized spacial score (nSPS) is 19.4. The van der Waals surface area contributed by atoms with Crippen molar-refractivity contribution in [3.8, 4) is 11.5 Å². The minimum atomic E-state index is -0.558. The topological polar surface area (TPSA) is 62.2 Å². The van der Waals surface area contributed by atoms with Gasteiger partial charge < -0.3 is 24.4 Å². The lowest BCUT2D eigenvalue weighted by atomic mass is 9.69. The van der Waals surface area contributed by atoms with E-state index in [2.05, 4.69) is 12.1 Å². The molecule has 0 saturated carbocycles. The first-order valence-corrected chi connectivity index (χ1v) is 13.6. The van der Waals surface area contributed by atoms with Crippen molar-refractivity contribution in [3.05, 3.63) is 88.7 Å². The fourth-order valence-corrected chi connectivity index (χ4v) is 5.93. The van der Waals surface area contributed by atoms with Crippen molar-refractivity contribution in [1.29, 1.82) is 0 Å². The summed E-state index contributed by atoms with van der Waals surface area (Å²) in [7, 11) is 1.62. The molecule has 0 spiro atoms. The van der Waals surface area contributed by atoms with Crippen LogP contribution in [0.2, 0.25) is 0 Å². The molecule has 0 aromatic heterocycles. The number of phenols is 1. The highest BCUT2D eigenvalue weighted by Crippen LogP contribution is 2.50. The van der Waals surface area contributed by atoms with Crippen LogP contribution >= 0.6 is 0 Å². The number of phenolic OH excluding ortho intramolecular Hbond substituents is 1. The van der Waals surface area contributed by atoms with E-state index in [9.17, 15) is 9.90 Å². The zero-order valence-electron chi connectivity index (χ0n) is 23.1. The largest absolute Gasteiger partial charge is 0.508 e. The zero-order chi connectivity index (χ0) is 27.7. The van der Waals surface area contributed by atoms with Gasteiger partial charge in [-0.1, -0.05) is 36.4 Å². The van der Waals surface area contributed by atoms with E-state index in [0.29, 0.717) is 37.6 Å². The van der Waals surface area contributed by atoms with Crippen LogP contribution < -0.4 is 9.64 Å². The number of methoxy groups -OCH3 is 1. The Balaban J connectivity index is 1.47. The Morgan fingerprint density at radius 1 is 0.974 bits per heavy atom. The quantitative estimate of drug-likeness (QED) is 0.418. The van der Waals surface area contributed by atoms with Gasteiger partial charge in [-0.2, -0.15) is 0 Å². The second-order valence-corrected chi connectivity index (χ2v) is 11.4. The number of hydrogen-bond donors (Lipinski definition) is 1. The monoisotopic (exact) mass is 532 g/mol. The molecule has 1 aliphatic carbocycles. The van der Waals surface area contributed by atoms with Crippen LogP contribution in [-0.2, 0) is 11.2 Å². The smallest absolute Gasteiger partial charge is 0.410 e. The van der Waals surface area contributed by atoms with Crippen LogP contribution in [-0.4, -0.2) is 55.0 Å². The molecule has 2 atom stereocenters. The van der Waals surface area contributed by atoms with E-state index in [0.717, 1.165) is 29.5 Å². The molecule has 7 heteroatoms. The molecule has 1 N–H and O–H groups in total. The van der Waals surface area contributed by atoms with E-state index in [1.54, 1.807) is 30.2 Å². The molecule has 5 rings (SSSR count). The van der Waals surface area contributed by atoms with Gasteiger partial charge in [0.15, 0.2) is 0 Å². The van der Waals surface area contributed by atoms with E-state index < -0.39 is 5.60 Å². The Labute approximate surface area is 230 Å². The third-order valence-electron chi connectivity index (χ3n) is 7.72. The first-order valence-electron chi connectivity index (χ1n) is 13.6. The number of rotatable bonds is 4. The molecule has 206 valence electrons. The number of carbonyl (C=O) groups is 1. The number of piperazine rings is 1. The van der Waals surface area contributed by atoms with E-state index in [4.69, 9.17) is 9.47 Å². The summed E-state index contributed by atoms with van der Waals surface area (Å²) in [5.74, 6) is 0.575. The molecule has 0 radical (unpaired) electrons. The SMILES string of the molecule is COc1cc(N2CCN(C(=O)OC(C)(C)C)CC2)c(F)cc1C1c2ccc(O)cc2CCC1c1ccccc1. The molecule has 3 aromatic rings. The number of aryl methyl sites for hydroxylation is 1. The number of benzene rings is 3. The second-order valence-electron chi connectivity index (χ2n) is 11.4. The van der Waals surface area contributed by atoms with E-state index in [-0.39, 0.29) is 29.5 Å². The summed E-state index contributed by atoms with van der Waals surface area (Å²) in [6.07, 6.45) is 1.37. The molecule has 2 aliphatic rings. The van der Waals surface area contributed by atoms with Crippen LogP contribution in [0.15, 0.2) is 60.7 Å². The lowest BCUT2D eigenvalue weighted by molar-refractivity contribution is 0.0240. The first-order chi connectivity index (χ1) is 18.6. The van der Waals surface area contributed by atoms with E-state index in [1.165, 1.54) is 5.56 Å². The number of halogens is 1. The molecule has 1 amide bonds. The predicted molar refractivity (Wildman–Crippen MR) is 150 cm³/mol. The van der Waals surface area contributed by atoms with E-state index in [1.807, 2.05) is 56.0 Å². The van der Waals surface area contributed by atoms with Crippen molar-refractivity contribution in [3.63, 3.8) is 0 Å². The molecule has 1 saturated heterocycles. The van der Waals surface area contributed by atoms with Crippen molar-refractivity contribution < 1.29 is 23.8 Å². The Kier molecular flexibility index (Phi) is 7.43. The first kappa shape index (κ1) is 26.9. The van der Waals surface area contributed by atoms with Crippen LogP contribution in [0, 0.1) is 5.82 Å². The third kappa shape index (κ3) is 5.68. The number of carbonyl (C=O) groups excluding carboxylic acids is 1. The highest BCUT2D eigenvalue weighted by Gasteiger charge is 2.35. The summed E-state index contributed by atoms with van der Waals surface area (Å²) in [5, 5.41) is 10.1. The van der Waals surface area contributed by atoms with Crippen molar-refractivity contribution in [2.45, 2.75) is 51.0 Å². The van der Waals surface area contributed by atoms with Crippen LogP contribution in [0.25, 0.3) is 0 Å². The van der Waals surface area contributed by atoms with Crippen LogP contribution in [0.4, 0.5) is 14.9 Å². The lowest BCUT2D eigenvalue weighted by Gasteiger charge is -2.38. The molecule has 39 heavy (non-hydrogen) atoms. The maximum absolute atomic E-state index is 15.9. The molecule has 1 aliphatic heterocycles. The number of nitrogens with zero attached hydrogens (tertiary/aromatic N) is 2. The van der Waals surface area contributed by atoms with Crippen LogP contribution in [0.5, 0.6) is 11.5 Å². The molecular formula is C32H37FN2O4. The van der Waals surface area contributed by atoms with E-state index >= 15 is 4.39 Å². The molecule has 3 aromatic carbocycles. The van der Waals surface area contributed by atoms with Gasteiger partial charge in [-0.3, -0.25) is 0 Å². The summed E-state index contributed by atoms with van der Waals surface area (Å²) in [6, 6.07) is 19.3. The van der Waals surface area contributed by atoms with Crippen molar-refractivity contribution in [1.82, 2.24) is 4.90 Å². The molecule has 1 heterocycles. The molecule has 6 nitrogen and oxygen atoms in total. The number of fused-ring (bicyclic) bond motifs is 1. The average molecular weight is 533 g/mol. The highest BCUT2D eigenvalue weighted by molar-refractivity contribution is 5.69. The fourth-order valence-electron chi connectivity index (χ4n) is 5.93. The number of amides is 1. The number of ether oxygens (including phenoxy) is 2. The van der Waals surface area contributed by atoms with Gasteiger partial charge in [0.05, 0.1) is 12.8 Å². The highest BCUT2D eigenvalue weighted by atomic mass is 19.1. The lowest BCUT2D eigenvalue weighted by Crippen LogP contribution is -2.50. The van der Waals surface area contributed by atoms with Crippen molar-refractivity contribution >= 4 is 11.8 Å². The van der Waals surface area contributed by atoms with Crippen molar-refractivity contribution in [2.75, 3.05) is 38.2 Å². The van der Waals surface area contributed by atoms with Gasteiger partial charge in [-0.15, -0.1) is 0 Å². The number of anilines is 1. The van der Waals surface area contributed by atoms with Gasteiger partial charge in [0.2, 0.25) is 0 Å². The van der Waals surface area contributed by atoms with Gasteiger partial charge in [-0.25, -0.2) is 9.18 Å². The minimum absolute atomic E-state index is 0.126. The van der Waals surface area contributed by atoms with Crippen LogP contribution in [0.1, 0.15) is 61.3 Å². The van der Waals surface area contributed by atoms with Crippen molar-refractivity contribution in [2.24, 2.45) is 0 Å². The summed E-state index contributed by atoms with van der Waals surface area (Å²) in [5.41, 5.74) is 4.08. The molecule has 1 fully saturated rings. The third-order valence-corrected chi connectivity index (χ3v) is 7.72. The molecule has 2 unspecified atom stereocenters. The molecule has 0 bridgehead atoms. The van der Waals surface area contributed by atoms with Gasteiger partial charge in [0, 0.05) is 43.7 Å². The maximum Gasteiger partial charge on any atom is 0.410 e. The Hall–Kier alpha value is -3.74. The minimum Gasteiger partial charge on any atom is -0.508 e. The molecular weight excluding hydrogens is 495 g/mol. The Morgan fingerprint density at radius 2 is 1.69 bits per heavy atom. The van der Waals surface area contributed by atoms with Gasteiger partial charge >= 0.3 is 6.09 Å².